The van der Waals surface area contributed by atoms with E-state index in [1.54, 1.807) is 12.1 Å². The fraction of sp³-hybridized carbons (Fsp3) is 0.0714. The molecule has 0 heterocycles. The first-order valence-electron chi connectivity index (χ1n) is 5.19. The Bertz CT molecular complexity index is 535. The molecule has 17 heavy (non-hydrogen) atoms. The zero-order valence-corrected chi connectivity index (χ0v) is 10.2. The lowest BCUT2D eigenvalue weighted by Crippen LogP contribution is -1.99. The molecule has 0 aliphatic rings. The molecule has 0 spiro atoms. The van der Waals surface area contributed by atoms with Gasteiger partial charge in [-0.1, -0.05) is 42.5 Å². The van der Waals surface area contributed by atoms with Crippen LogP contribution in [0.2, 0.25) is 0 Å². The van der Waals surface area contributed by atoms with Crippen LogP contribution in [0.25, 0.3) is 11.1 Å². The van der Waals surface area contributed by atoms with Crippen LogP contribution in [0.4, 0.5) is 0 Å². The van der Waals surface area contributed by atoms with Crippen LogP contribution in [0.5, 0.6) is 0 Å². The van der Waals surface area contributed by atoms with E-state index in [1.165, 1.54) is 11.8 Å². The summed E-state index contributed by atoms with van der Waals surface area (Å²) >= 11 is 1.46. The van der Waals surface area contributed by atoms with Crippen LogP contribution in [0.15, 0.2) is 53.4 Å². The van der Waals surface area contributed by atoms with E-state index >= 15 is 0 Å². The van der Waals surface area contributed by atoms with Crippen LogP contribution < -0.4 is 0 Å². The van der Waals surface area contributed by atoms with Gasteiger partial charge < -0.3 is 5.11 Å². The lowest BCUT2D eigenvalue weighted by atomic mass is 10.0. The fourth-order valence-electron chi connectivity index (χ4n) is 1.77. The zero-order valence-electron chi connectivity index (χ0n) is 9.38. The van der Waals surface area contributed by atoms with Gasteiger partial charge in [-0.15, -0.1) is 11.8 Å². The number of hydrogen-bond acceptors (Lipinski definition) is 2. The lowest BCUT2D eigenvalue weighted by molar-refractivity contribution is 0.0693. The third kappa shape index (κ3) is 2.34. The minimum absolute atomic E-state index is 0.360. The summed E-state index contributed by atoms with van der Waals surface area (Å²) < 4.78 is 0. The Labute approximate surface area is 104 Å². The van der Waals surface area contributed by atoms with Gasteiger partial charge in [-0.2, -0.15) is 0 Å². The first-order valence-corrected chi connectivity index (χ1v) is 6.42. The highest BCUT2D eigenvalue weighted by atomic mass is 32.2. The van der Waals surface area contributed by atoms with Crippen molar-refractivity contribution >= 4 is 17.7 Å². The van der Waals surface area contributed by atoms with Gasteiger partial charge in [-0.25, -0.2) is 4.79 Å². The number of carboxylic acids is 1. The number of carbonyl (C=O) groups is 1. The van der Waals surface area contributed by atoms with Crippen molar-refractivity contribution in [2.45, 2.75) is 4.90 Å². The van der Waals surface area contributed by atoms with E-state index in [0.29, 0.717) is 5.56 Å². The van der Waals surface area contributed by atoms with Crippen LogP contribution in [-0.4, -0.2) is 17.3 Å². The molecule has 0 bridgehead atoms. The Morgan fingerprint density at radius 3 is 2.35 bits per heavy atom. The van der Waals surface area contributed by atoms with Gasteiger partial charge in [0.25, 0.3) is 0 Å². The van der Waals surface area contributed by atoms with Crippen molar-refractivity contribution < 1.29 is 9.90 Å². The van der Waals surface area contributed by atoms with Crippen LogP contribution in [0.1, 0.15) is 10.4 Å². The SMILES string of the molecule is CSc1c(C(=O)O)cccc1-c1ccccc1. The van der Waals surface area contributed by atoms with E-state index in [-0.39, 0.29) is 0 Å². The van der Waals surface area contributed by atoms with Crippen LogP contribution in [0.3, 0.4) is 0 Å². The highest BCUT2D eigenvalue weighted by Crippen LogP contribution is 2.32. The zero-order chi connectivity index (χ0) is 12.3. The maximum atomic E-state index is 11.2. The van der Waals surface area contributed by atoms with E-state index in [4.69, 9.17) is 5.11 Å². The predicted octanol–water partition coefficient (Wildman–Crippen LogP) is 3.77. The van der Waals surface area contributed by atoms with Gasteiger partial charge in [0.05, 0.1) is 5.56 Å². The molecule has 0 unspecified atom stereocenters. The van der Waals surface area contributed by atoms with Gasteiger partial charge in [0.2, 0.25) is 0 Å². The molecule has 2 rings (SSSR count). The van der Waals surface area contributed by atoms with Gasteiger partial charge in [0.15, 0.2) is 0 Å². The van der Waals surface area contributed by atoms with Gasteiger partial charge in [0, 0.05) is 4.90 Å². The Kier molecular flexibility index (Phi) is 3.49. The maximum absolute atomic E-state index is 11.2. The molecule has 3 heteroatoms. The number of benzene rings is 2. The number of hydrogen-bond donors (Lipinski definition) is 1. The first kappa shape index (κ1) is 11.7. The molecular formula is C14H12O2S. The summed E-state index contributed by atoms with van der Waals surface area (Å²) in [6.07, 6.45) is 1.90. The Morgan fingerprint density at radius 1 is 1.06 bits per heavy atom. The highest BCUT2D eigenvalue weighted by molar-refractivity contribution is 7.98. The van der Waals surface area contributed by atoms with Gasteiger partial charge >= 0.3 is 5.97 Å². The van der Waals surface area contributed by atoms with Crippen molar-refractivity contribution in [3.63, 3.8) is 0 Å². The number of carboxylic acid groups (broad SMARTS) is 1. The molecule has 2 aromatic carbocycles. The van der Waals surface area contributed by atoms with E-state index in [9.17, 15) is 4.79 Å². The minimum atomic E-state index is -0.882. The second kappa shape index (κ2) is 5.06. The average molecular weight is 244 g/mol. The van der Waals surface area contributed by atoms with Crippen molar-refractivity contribution in [3.8, 4) is 11.1 Å². The second-order valence-corrected chi connectivity index (χ2v) is 4.37. The summed E-state index contributed by atoms with van der Waals surface area (Å²) in [4.78, 5) is 12.0. The van der Waals surface area contributed by atoms with Crippen LogP contribution in [0, 0.1) is 0 Å². The molecule has 1 N–H and O–H groups in total. The summed E-state index contributed by atoms with van der Waals surface area (Å²) in [6.45, 7) is 0. The molecule has 86 valence electrons. The molecule has 0 saturated carbocycles. The largest absolute Gasteiger partial charge is 0.478 e. The Morgan fingerprint density at radius 2 is 1.76 bits per heavy atom. The quantitative estimate of drug-likeness (QED) is 0.835. The summed E-state index contributed by atoms with van der Waals surface area (Å²) in [5.41, 5.74) is 2.37. The molecule has 2 aromatic rings. The van der Waals surface area contributed by atoms with E-state index in [2.05, 4.69) is 0 Å². The van der Waals surface area contributed by atoms with Crippen molar-refractivity contribution in [1.29, 1.82) is 0 Å². The van der Waals surface area contributed by atoms with E-state index in [1.807, 2.05) is 42.7 Å². The van der Waals surface area contributed by atoms with Gasteiger partial charge in [-0.05, 0) is 23.4 Å². The fourth-order valence-corrected chi connectivity index (χ4v) is 2.55. The topological polar surface area (TPSA) is 37.3 Å². The lowest BCUT2D eigenvalue weighted by Gasteiger charge is -2.10. The van der Waals surface area contributed by atoms with Gasteiger partial charge in [-0.3, -0.25) is 0 Å². The molecule has 0 aromatic heterocycles. The summed E-state index contributed by atoms with van der Waals surface area (Å²) in [5, 5.41) is 9.15. The molecule has 0 fully saturated rings. The molecule has 0 amide bonds. The molecule has 0 saturated heterocycles. The number of rotatable bonds is 3. The summed E-state index contributed by atoms with van der Waals surface area (Å²) in [7, 11) is 0. The summed E-state index contributed by atoms with van der Waals surface area (Å²) in [5.74, 6) is -0.882. The Balaban J connectivity index is 2.63. The molecule has 2 nitrogen and oxygen atoms in total. The smallest absolute Gasteiger partial charge is 0.336 e. The molecule has 0 aliphatic carbocycles. The Hall–Kier alpha value is -1.74. The van der Waals surface area contributed by atoms with E-state index < -0.39 is 5.97 Å². The van der Waals surface area contributed by atoms with Crippen molar-refractivity contribution in [2.75, 3.05) is 6.26 Å². The molecular weight excluding hydrogens is 232 g/mol. The first-order chi connectivity index (χ1) is 8.24. The highest BCUT2D eigenvalue weighted by Gasteiger charge is 2.13. The van der Waals surface area contributed by atoms with Crippen molar-refractivity contribution in [3.05, 3.63) is 54.1 Å². The van der Waals surface area contributed by atoms with Crippen molar-refractivity contribution in [1.82, 2.24) is 0 Å². The van der Waals surface area contributed by atoms with Crippen molar-refractivity contribution in [2.24, 2.45) is 0 Å². The average Bonchev–Trinajstić information content (AvgIpc) is 2.38. The maximum Gasteiger partial charge on any atom is 0.336 e. The normalized spacial score (nSPS) is 10.2. The molecule has 0 aliphatic heterocycles. The second-order valence-electron chi connectivity index (χ2n) is 3.56. The summed E-state index contributed by atoms with van der Waals surface area (Å²) in [6, 6.07) is 15.2. The third-order valence-electron chi connectivity index (χ3n) is 2.53. The molecule has 0 atom stereocenters. The van der Waals surface area contributed by atoms with Crippen LogP contribution >= 0.6 is 11.8 Å². The van der Waals surface area contributed by atoms with Crippen LogP contribution in [-0.2, 0) is 0 Å². The molecule has 0 radical (unpaired) electrons. The monoisotopic (exact) mass is 244 g/mol. The van der Waals surface area contributed by atoms with Gasteiger partial charge in [0.1, 0.15) is 0 Å². The minimum Gasteiger partial charge on any atom is -0.478 e. The number of aromatic carboxylic acids is 1. The van der Waals surface area contributed by atoms with E-state index in [0.717, 1.165) is 16.0 Å². The predicted molar refractivity (Wildman–Crippen MR) is 70.6 cm³/mol. The number of thioether (sulfide) groups is 1. The standard InChI is InChI=1S/C14H12O2S/c1-17-13-11(10-6-3-2-4-7-10)8-5-9-12(13)14(15)16/h2-9H,1H3,(H,15,16). The third-order valence-corrected chi connectivity index (χ3v) is 3.38.